The summed E-state index contributed by atoms with van der Waals surface area (Å²) >= 11 is 1.42. The molecule has 1 heterocycles. The van der Waals surface area contributed by atoms with Crippen LogP contribution in [0.25, 0.3) is 0 Å². The minimum atomic E-state index is -0.789. The van der Waals surface area contributed by atoms with Crippen LogP contribution in [0.2, 0.25) is 0 Å². The van der Waals surface area contributed by atoms with E-state index >= 15 is 0 Å². The van der Waals surface area contributed by atoms with Crippen LogP contribution >= 0.6 is 11.3 Å². The summed E-state index contributed by atoms with van der Waals surface area (Å²) in [6.45, 7) is 6.51. The molecule has 8 heteroatoms. The van der Waals surface area contributed by atoms with Crippen molar-refractivity contribution in [3.8, 4) is 5.75 Å². The van der Waals surface area contributed by atoms with E-state index in [4.69, 9.17) is 9.47 Å². The summed E-state index contributed by atoms with van der Waals surface area (Å²) in [5, 5.41) is 5.64. The Morgan fingerprint density at radius 1 is 1.13 bits per heavy atom. The zero-order valence-corrected chi connectivity index (χ0v) is 18.9. The van der Waals surface area contributed by atoms with Crippen molar-refractivity contribution >= 4 is 34.2 Å². The van der Waals surface area contributed by atoms with Crippen LogP contribution in [0.4, 0.5) is 9.80 Å². The van der Waals surface area contributed by atoms with Gasteiger partial charge in [-0.2, -0.15) is 0 Å². The van der Waals surface area contributed by atoms with Crippen molar-refractivity contribution in [2.45, 2.75) is 46.5 Å². The third kappa shape index (κ3) is 5.85. The van der Waals surface area contributed by atoms with Gasteiger partial charge in [0.15, 0.2) is 0 Å². The standard InChI is InChI=1S/C23H28N2O5S/c1-4-29-16-9-7-15(8-10-16)13-19(26)24-22-20(21(27)25-23(28)30-5-2)17-11-6-14(3)12-18(17)31-22/h7-10,14H,4-6,11-13H2,1-3H3,(H,24,26)(H,25,27,28). The second-order valence-corrected chi connectivity index (χ2v) is 8.64. The molecule has 3 amide bonds. The first-order valence-corrected chi connectivity index (χ1v) is 11.4. The lowest BCUT2D eigenvalue weighted by Gasteiger charge is -2.18. The van der Waals surface area contributed by atoms with Crippen LogP contribution in [0.1, 0.15) is 53.6 Å². The summed E-state index contributed by atoms with van der Waals surface area (Å²) in [4.78, 5) is 38.4. The number of benzene rings is 1. The molecule has 1 atom stereocenters. The highest BCUT2D eigenvalue weighted by atomic mass is 32.1. The van der Waals surface area contributed by atoms with E-state index in [0.717, 1.165) is 41.0 Å². The molecule has 0 bridgehead atoms. The van der Waals surface area contributed by atoms with Gasteiger partial charge in [0.05, 0.1) is 25.2 Å². The van der Waals surface area contributed by atoms with Gasteiger partial charge in [0.2, 0.25) is 5.91 Å². The monoisotopic (exact) mass is 444 g/mol. The molecule has 0 aliphatic heterocycles. The average molecular weight is 445 g/mol. The van der Waals surface area contributed by atoms with Gasteiger partial charge < -0.3 is 14.8 Å². The Kier molecular flexibility index (Phi) is 7.68. The van der Waals surface area contributed by atoms with Gasteiger partial charge in [-0.1, -0.05) is 19.1 Å². The highest BCUT2D eigenvalue weighted by Gasteiger charge is 2.29. The van der Waals surface area contributed by atoms with Crippen molar-refractivity contribution in [1.82, 2.24) is 5.32 Å². The van der Waals surface area contributed by atoms with E-state index in [-0.39, 0.29) is 18.9 Å². The van der Waals surface area contributed by atoms with Gasteiger partial charge in [-0.05, 0) is 62.3 Å². The maximum absolute atomic E-state index is 12.8. The first-order chi connectivity index (χ1) is 14.9. The molecule has 1 unspecified atom stereocenters. The van der Waals surface area contributed by atoms with Crippen LogP contribution in [-0.4, -0.2) is 31.1 Å². The topological polar surface area (TPSA) is 93.7 Å². The minimum Gasteiger partial charge on any atom is -0.494 e. The average Bonchev–Trinajstić information content (AvgIpc) is 3.06. The lowest BCUT2D eigenvalue weighted by Crippen LogP contribution is -2.32. The van der Waals surface area contributed by atoms with E-state index in [0.29, 0.717) is 23.1 Å². The van der Waals surface area contributed by atoms with Crippen molar-refractivity contribution in [3.05, 3.63) is 45.8 Å². The predicted octanol–water partition coefficient (Wildman–Crippen LogP) is 4.34. The van der Waals surface area contributed by atoms with Crippen LogP contribution < -0.4 is 15.4 Å². The number of carbonyl (C=O) groups excluding carboxylic acids is 3. The van der Waals surface area contributed by atoms with Gasteiger partial charge in [-0.25, -0.2) is 4.79 Å². The van der Waals surface area contributed by atoms with Gasteiger partial charge in [0.1, 0.15) is 10.8 Å². The maximum atomic E-state index is 12.8. The number of ether oxygens (including phenoxy) is 2. The molecule has 31 heavy (non-hydrogen) atoms. The molecule has 1 aliphatic carbocycles. The number of thiophene rings is 1. The largest absolute Gasteiger partial charge is 0.494 e. The summed E-state index contributed by atoms with van der Waals surface area (Å²) in [6.07, 6.45) is 1.94. The number of anilines is 1. The molecule has 3 rings (SSSR count). The van der Waals surface area contributed by atoms with Gasteiger partial charge in [0, 0.05) is 4.88 Å². The number of amides is 3. The predicted molar refractivity (Wildman–Crippen MR) is 120 cm³/mol. The number of carbonyl (C=O) groups is 3. The molecule has 2 N–H and O–H groups in total. The summed E-state index contributed by atoms with van der Waals surface area (Å²) in [5.41, 5.74) is 2.13. The Hall–Kier alpha value is -2.87. The van der Waals surface area contributed by atoms with Crippen molar-refractivity contribution in [3.63, 3.8) is 0 Å². The number of nitrogens with one attached hydrogen (secondary N) is 2. The minimum absolute atomic E-state index is 0.171. The molecule has 1 aromatic carbocycles. The van der Waals surface area contributed by atoms with Crippen LogP contribution in [0.5, 0.6) is 5.75 Å². The molecule has 1 aromatic heterocycles. The second-order valence-electron chi connectivity index (χ2n) is 7.53. The number of fused-ring (bicyclic) bond motifs is 1. The molecule has 2 aromatic rings. The summed E-state index contributed by atoms with van der Waals surface area (Å²) < 4.78 is 10.3. The molecule has 7 nitrogen and oxygen atoms in total. The van der Waals surface area contributed by atoms with Crippen LogP contribution in [0.3, 0.4) is 0 Å². The molecule has 0 fully saturated rings. The Bertz CT molecular complexity index is 952. The highest BCUT2D eigenvalue weighted by molar-refractivity contribution is 7.17. The molecule has 166 valence electrons. The molecular weight excluding hydrogens is 416 g/mol. The highest BCUT2D eigenvalue weighted by Crippen LogP contribution is 2.39. The second kappa shape index (κ2) is 10.4. The lowest BCUT2D eigenvalue weighted by molar-refractivity contribution is -0.115. The Morgan fingerprint density at radius 3 is 2.55 bits per heavy atom. The molecule has 0 saturated heterocycles. The van der Waals surface area contributed by atoms with Crippen molar-refractivity contribution in [2.75, 3.05) is 18.5 Å². The summed E-state index contributed by atoms with van der Waals surface area (Å²) in [5.74, 6) is 0.506. The van der Waals surface area contributed by atoms with Gasteiger partial charge >= 0.3 is 6.09 Å². The van der Waals surface area contributed by atoms with Gasteiger partial charge in [-0.15, -0.1) is 11.3 Å². The Balaban J connectivity index is 1.78. The summed E-state index contributed by atoms with van der Waals surface area (Å²) in [6, 6.07) is 7.35. The number of rotatable bonds is 7. The first-order valence-electron chi connectivity index (χ1n) is 10.5. The zero-order chi connectivity index (χ0) is 22.4. The van der Waals surface area contributed by atoms with Gasteiger partial charge in [-0.3, -0.25) is 14.9 Å². The van der Waals surface area contributed by atoms with E-state index < -0.39 is 12.0 Å². The quantitative estimate of drug-likeness (QED) is 0.663. The van der Waals surface area contributed by atoms with Crippen molar-refractivity contribution < 1.29 is 23.9 Å². The molecule has 1 aliphatic rings. The van der Waals surface area contributed by atoms with E-state index in [9.17, 15) is 14.4 Å². The van der Waals surface area contributed by atoms with E-state index in [1.807, 2.05) is 31.2 Å². The molecular formula is C23H28N2O5S. The number of hydrogen-bond acceptors (Lipinski definition) is 6. The van der Waals surface area contributed by atoms with E-state index in [2.05, 4.69) is 17.6 Å². The zero-order valence-electron chi connectivity index (χ0n) is 18.1. The van der Waals surface area contributed by atoms with Crippen LogP contribution in [-0.2, 0) is 28.8 Å². The SMILES string of the molecule is CCOC(=O)NC(=O)c1c(NC(=O)Cc2ccc(OCC)cc2)sc2c1CCC(C)C2. The summed E-state index contributed by atoms with van der Waals surface area (Å²) in [7, 11) is 0. The molecule has 0 saturated carbocycles. The lowest BCUT2D eigenvalue weighted by atomic mass is 9.88. The van der Waals surface area contributed by atoms with Crippen LogP contribution in [0.15, 0.2) is 24.3 Å². The fraction of sp³-hybridized carbons (Fsp3) is 0.435. The Labute approximate surface area is 186 Å². The molecule has 0 radical (unpaired) electrons. The maximum Gasteiger partial charge on any atom is 0.414 e. The fourth-order valence-electron chi connectivity index (χ4n) is 3.63. The molecule has 0 spiro atoms. The number of imide groups is 1. The smallest absolute Gasteiger partial charge is 0.414 e. The van der Waals surface area contributed by atoms with E-state index in [1.165, 1.54) is 11.3 Å². The van der Waals surface area contributed by atoms with E-state index in [1.54, 1.807) is 6.92 Å². The number of hydrogen-bond donors (Lipinski definition) is 2. The third-order valence-corrected chi connectivity index (χ3v) is 6.25. The fourth-order valence-corrected chi connectivity index (χ4v) is 5.05. The first kappa shape index (κ1) is 22.8. The normalized spacial score (nSPS) is 15.0. The van der Waals surface area contributed by atoms with Crippen molar-refractivity contribution in [2.24, 2.45) is 5.92 Å². The third-order valence-electron chi connectivity index (χ3n) is 5.08. The van der Waals surface area contributed by atoms with Gasteiger partial charge in [0.25, 0.3) is 5.91 Å². The number of alkyl carbamates (subject to hydrolysis) is 1. The van der Waals surface area contributed by atoms with Crippen molar-refractivity contribution in [1.29, 1.82) is 0 Å². The Morgan fingerprint density at radius 2 is 1.87 bits per heavy atom. The van der Waals surface area contributed by atoms with Crippen LogP contribution in [0, 0.1) is 5.92 Å².